The quantitative estimate of drug-likeness (QED) is 0.621. The van der Waals surface area contributed by atoms with E-state index in [1.165, 1.54) is 0 Å². The molecule has 1 heterocycles. The number of terminal acetylenes is 1. The van der Waals surface area contributed by atoms with Crippen LogP contribution in [0.1, 0.15) is 11.4 Å². The zero-order valence-electron chi connectivity index (χ0n) is 6.12. The predicted octanol–water partition coefficient (Wildman–Crippen LogP) is 0.598. The van der Waals surface area contributed by atoms with Crippen molar-refractivity contribution in [2.75, 3.05) is 6.61 Å². The van der Waals surface area contributed by atoms with Crippen LogP contribution in [0.15, 0.2) is 18.2 Å². The summed E-state index contributed by atoms with van der Waals surface area (Å²) in [5.74, 6) is 2.43. The molecule has 0 unspecified atom stereocenters. The Labute approximate surface area is 65.9 Å². The van der Waals surface area contributed by atoms with Crippen LogP contribution in [-0.4, -0.2) is 16.7 Å². The molecule has 0 saturated carbocycles. The maximum absolute atomic E-state index is 8.59. The molecule has 1 aromatic rings. The molecular formula is C9H9NO. The average Bonchev–Trinajstić information content (AvgIpc) is 2.06. The zero-order chi connectivity index (χ0) is 8.10. The van der Waals surface area contributed by atoms with E-state index in [9.17, 15) is 0 Å². The molecule has 0 atom stereocenters. The molecular weight excluding hydrogens is 138 g/mol. The van der Waals surface area contributed by atoms with Gasteiger partial charge in [-0.2, -0.15) is 0 Å². The van der Waals surface area contributed by atoms with Gasteiger partial charge in [-0.1, -0.05) is 12.0 Å². The van der Waals surface area contributed by atoms with Gasteiger partial charge in [-0.3, -0.25) is 0 Å². The van der Waals surface area contributed by atoms with Crippen LogP contribution in [0, 0.1) is 12.3 Å². The van der Waals surface area contributed by atoms with Crippen LogP contribution in [-0.2, 0) is 6.42 Å². The molecule has 56 valence electrons. The van der Waals surface area contributed by atoms with Gasteiger partial charge in [0.2, 0.25) is 0 Å². The van der Waals surface area contributed by atoms with Crippen molar-refractivity contribution in [1.29, 1.82) is 0 Å². The first-order valence-electron chi connectivity index (χ1n) is 3.40. The Morgan fingerprint density at radius 3 is 3.00 bits per heavy atom. The van der Waals surface area contributed by atoms with Gasteiger partial charge in [0.05, 0.1) is 0 Å². The molecule has 1 N–H and O–H groups in total. The van der Waals surface area contributed by atoms with E-state index in [4.69, 9.17) is 11.5 Å². The van der Waals surface area contributed by atoms with Crippen LogP contribution in [0.5, 0.6) is 0 Å². The highest BCUT2D eigenvalue weighted by molar-refractivity contribution is 5.25. The third-order valence-electron chi connectivity index (χ3n) is 1.32. The first kappa shape index (κ1) is 7.77. The molecule has 0 amide bonds. The minimum absolute atomic E-state index is 0.112. The zero-order valence-corrected chi connectivity index (χ0v) is 6.12. The monoisotopic (exact) mass is 147 g/mol. The van der Waals surface area contributed by atoms with E-state index in [0.29, 0.717) is 12.1 Å². The number of aliphatic hydroxyl groups is 1. The van der Waals surface area contributed by atoms with Crippen molar-refractivity contribution in [1.82, 2.24) is 4.98 Å². The van der Waals surface area contributed by atoms with E-state index in [2.05, 4.69) is 10.9 Å². The average molecular weight is 147 g/mol. The van der Waals surface area contributed by atoms with Crippen molar-refractivity contribution in [3.63, 3.8) is 0 Å². The number of rotatable bonds is 2. The van der Waals surface area contributed by atoms with Gasteiger partial charge in [0, 0.05) is 18.7 Å². The van der Waals surface area contributed by atoms with Crippen molar-refractivity contribution < 1.29 is 5.11 Å². The van der Waals surface area contributed by atoms with Gasteiger partial charge in [0.25, 0.3) is 0 Å². The molecule has 0 aromatic carbocycles. The highest BCUT2D eigenvalue weighted by Crippen LogP contribution is 1.97. The summed E-state index contributed by atoms with van der Waals surface area (Å²) >= 11 is 0. The third-order valence-corrected chi connectivity index (χ3v) is 1.32. The van der Waals surface area contributed by atoms with E-state index < -0.39 is 0 Å². The van der Waals surface area contributed by atoms with Crippen molar-refractivity contribution in [2.24, 2.45) is 0 Å². The fraction of sp³-hybridized carbons (Fsp3) is 0.222. The fourth-order valence-corrected chi connectivity index (χ4v) is 0.814. The summed E-state index contributed by atoms with van der Waals surface area (Å²) in [5.41, 5.74) is 1.46. The summed E-state index contributed by atoms with van der Waals surface area (Å²) in [6, 6.07) is 5.45. The molecule has 1 rings (SSSR count). The maximum atomic E-state index is 8.59. The largest absolute Gasteiger partial charge is 0.396 e. The van der Waals surface area contributed by atoms with Crippen molar-refractivity contribution in [2.45, 2.75) is 6.42 Å². The summed E-state index contributed by atoms with van der Waals surface area (Å²) in [7, 11) is 0. The minimum Gasteiger partial charge on any atom is -0.396 e. The van der Waals surface area contributed by atoms with E-state index >= 15 is 0 Å². The SMILES string of the molecule is C#Cc1cccc(CCO)n1. The van der Waals surface area contributed by atoms with Crippen molar-refractivity contribution in [3.8, 4) is 12.3 Å². The van der Waals surface area contributed by atoms with Gasteiger partial charge in [0.1, 0.15) is 5.69 Å². The molecule has 2 nitrogen and oxygen atoms in total. The second kappa shape index (κ2) is 3.75. The van der Waals surface area contributed by atoms with E-state index in [0.717, 1.165) is 5.69 Å². The number of hydrogen-bond acceptors (Lipinski definition) is 2. The van der Waals surface area contributed by atoms with Gasteiger partial charge in [-0.25, -0.2) is 4.98 Å². The summed E-state index contributed by atoms with van der Waals surface area (Å²) < 4.78 is 0. The van der Waals surface area contributed by atoms with Crippen molar-refractivity contribution >= 4 is 0 Å². The molecule has 0 radical (unpaired) electrons. The summed E-state index contributed by atoms with van der Waals surface area (Å²) in [5, 5.41) is 8.59. The lowest BCUT2D eigenvalue weighted by molar-refractivity contribution is 0.298. The van der Waals surface area contributed by atoms with E-state index in [1.54, 1.807) is 6.07 Å². The molecule has 0 saturated heterocycles. The van der Waals surface area contributed by atoms with Crippen LogP contribution in [0.25, 0.3) is 0 Å². The number of aromatic nitrogens is 1. The van der Waals surface area contributed by atoms with Crippen LogP contribution in [0.2, 0.25) is 0 Å². The van der Waals surface area contributed by atoms with Crippen LogP contribution in [0.4, 0.5) is 0 Å². The Morgan fingerprint density at radius 2 is 2.36 bits per heavy atom. The van der Waals surface area contributed by atoms with Gasteiger partial charge in [-0.05, 0) is 12.1 Å². The molecule has 0 fully saturated rings. The van der Waals surface area contributed by atoms with Gasteiger partial charge < -0.3 is 5.11 Å². The lowest BCUT2D eigenvalue weighted by Gasteiger charge is -1.96. The summed E-state index contributed by atoms with van der Waals surface area (Å²) in [6.07, 6.45) is 5.70. The molecule has 0 bridgehead atoms. The minimum atomic E-state index is 0.112. The first-order valence-corrected chi connectivity index (χ1v) is 3.40. The Bertz CT molecular complexity index is 275. The van der Waals surface area contributed by atoms with Crippen molar-refractivity contribution in [3.05, 3.63) is 29.6 Å². The topological polar surface area (TPSA) is 33.1 Å². The highest BCUT2D eigenvalue weighted by atomic mass is 16.3. The van der Waals surface area contributed by atoms with Gasteiger partial charge >= 0.3 is 0 Å². The Morgan fingerprint density at radius 1 is 1.55 bits per heavy atom. The fourth-order valence-electron chi connectivity index (χ4n) is 0.814. The molecule has 0 aliphatic heterocycles. The second-order valence-corrected chi connectivity index (χ2v) is 2.13. The maximum Gasteiger partial charge on any atom is 0.113 e. The number of aliphatic hydroxyl groups excluding tert-OH is 1. The standard InChI is InChI=1S/C9H9NO/c1-2-8-4-3-5-9(10-8)6-7-11/h1,3-5,11H,6-7H2. The number of nitrogens with zero attached hydrogens (tertiary/aromatic N) is 1. The summed E-state index contributed by atoms with van der Waals surface area (Å²) in [6.45, 7) is 0.112. The summed E-state index contributed by atoms with van der Waals surface area (Å²) in [4.78, 5) is 4.08. The Kier molecular flexibility index (Phi) is 2.65. The predicted molar refractivity (Wildman–Crippen MR) is 43.0 cm³/mol. The second-order valence-electron chi connectivity index (χ2n) is 2.13. The van der Waals surface area contributed by atoms with Crippen LogP contribution >= 0.6 is 0 Å². The molecule has 0 aliphatic carbocycles. The normalized spacial score (nSPS) is 9.09. The third kappa shape index (κ3) is 2.06. The molecule has 1 aromatic heterocycles. The first-order chi connectivity index (χ1) is 5.36. The highest BCUT2D eigenvalue weighted by Gasteiger charge is 1.92. The van der Waals surface area contributed by atoms with Gasteiger partial charge in [0.15, 0.2) is 0 Å². The lowest BCUT2D eigenvalue weighted by atomic mass is 10.2. The Balaban J connectivity index is 2.85. The van der Waals surface area contributed by atoms with Crippen LogP contribution in [0.3, 0.4) is 0 Å². The lowest BCUT2D eigenvalue weighted by Crippen LogP contribution is -1.95. The van der Waals surface area contributed by atoms with E-state index in [1.807, 2.05) is 12.1 Å². The smallest absolute Gasteiger partial charge is 0.113 e. The Hall–Kier alpha value is -1.33. The van der Waals surface area contributed by atoms with Gasteiger partial charge in [-0.15, -0.1) is 6.42 Å². The molecule has 0 spiro atoms. The molecule has 0 aliphatic rings. The number of hydrogen-bond donors (Lipinski definition) is 1. The molecule has 2 heteroatoms. The van der Waals surface area contributed by atoms with Crippen LogP contribution < -0.4 is 0 Å². The number of pyridine rings is 1. The molecule has 11 heavy (non-hydrogen) atoms. The van der Waals surface area contributed by atoms with E-state index in [-0.39, 0.29) is 6.61 Å².